The average molecular weight is 447 g/mol. The summed E-state index contributed by atoms with van der Waals surface area (Å²) in [6.45, 7) is 8.77. The molecule has 0 bridgehead atoms. The van der Waals surface area contributed by atoms with E-state index in [0.29, 0.717) is 29.7 Å². The molecule has 7 nitrogen and oxygen atoms in total. The number of ether oxygens (including phenoxy) is 1. The Morgan fingerprint density at radius 2 is 2.00 bits per heavy atom. The van der Waals surface area contributed by atoms with E-state index in [0.717, 1.165) is 73.5 Å². The Kier molecular flexibility index (Phi) is 5.59. The zero-order valence-corrected chi connectivity index (χ0v) is 19.3. The fourth-order valence-corrected chi connectivity index (χ4v) is 5.65. The van der Waals surface area contributed by atoms with Crippen LogP contribution in [0.4, 0.5) is 5.82 Å². The summed E-state index contributed by atoms with van der Waals surface area (Å²) >= 11 is 0. The van der Waals surface area contributed by atoms with E-state index in [-0.39, 0.29) is 5.97 Å². The summed E-state index contributed by atoms with van der Waals surface area (Å²) in [7, 11) is 0. The molecule has 0 amide bonds. The van der Waals surface area contributed by atoms with Crippen molar-refractivity contribution < 1.29 is 14.6 Å². The number of aryl methyl sites for hydroxylation is 1. The van der Waals surface area contributed by atoms with Gasteiger partial charge in [-0.05, 0) is 80.4 Å². The molecule has 2 aromatic rings. The second-order valence-corrected chi connectivity index (χ2v) is 9.84. The van der Waals surface area contributed by atoms with E-state index < -0.39 is 6.10 Å². The smallest absolute Gasteiger partial charge is 0.338 e. The highest BCUT2D eigenvalue weighted by molar-refractivity contribution is 5.93. The molecule has 0 unspecified atom stereocenters. The van der Waals surface area contributed by atoms with E-state index >= 15 is 0 Å². The molecule has 4 heterocycles. The van der Waals surface area contributed by atoms with Crippen molar-refractivity contribution >= 4 is 11.8 Å². The Morgan fingerprint density at radius 3 is 2.73 bits per heavy atom. The lowest BCUT2D eigenvalue weighted by molar-refractivity contribution is 0.0534. The van der Waals surface area contributed by atoms with Crippen molar-refractivity contribution in [2.24, 2.45) is 5.41 Å². The number of aliphatic hydroxyl groups excluding tert-OH is 1. The number of nitriles is 1. The number of hydrogen-bond donors (Lipinski definition) is 1. The minimum atomic E-state index is -0.578. The van der Waals surface area contributed by atoms with E-state index in [2.05, 4.69) is 20.9 Å². The molecule has 33 heavy (non-hydrogen) atoms. The lowest BCUT2D eigenvalue weighted by Gasteiger charge is -2.40. The van der Waals surface area contributed by atoms with Crippen LogP contribution in [0.25, 0.3) is 0 Å². The first-order valence-electron chi connectivity index (χ1n) is 11.7. The Morgan fingerprint density at radius 1 is 1.24 bits per heavy atom. The van der Waals surface area contributed by atoms with Crippen LogP contribution in [0.5, 0.6) is 0 Å². The van der Waals surface area contributed by atoms with Gasteiger partial charge in [-0.3, -0.25) is 0 Å². The third-order valence-electron chi connectivity index (χ3n) is 7.89. The molecule has 2 fully saturated rings. The van der Waals surface area contributed by atoms with Crippen LogP contribution >= 0.6 is 0 Å². The maximum atomic E-state index is 11.8. The zero-order chi connectivity index (χ0) is 23.2. The van der Waals surface area contributed by atoms with Gasteiger partial charge in [0, 0.05) is 31.4 Å². The van der Waals surface area contributed by atoms with Gasteiger partial charge in [-0.15, -0.1) is 0 Å². The molecule has 5 rings (SSSR count). The second kappa shape index (κ2) is 8.44. The summed E-state index contributed by atoms with van der Waals surface area (Å²) in [5, 5.41) is 20.1. The molecule has 172 valence electrons. The molecule has 1 N–H and O–H groups in total. The number of carbonyl (C=O) groups is 1. The highest BCUT2D eigenvalue weighted by Gasteiger charge is 2.41. The highest BCUT2D eigenvalue weighted by Crippen LogP contribution is 2.42. The number of nitrogens with zero attached hydrogens (tertiary/aromatic N) is 4. The van der Waals surface area contributed by atoms with E-state index in [1.807, 2.05) is 26.0 Å². The molecule has 1 aromatic heterocycles. The monoisotopic (exact) mass is 446 g/mol. The molecule has 1 atom stereocenters. The number of carbonyl (C=O) groups excluding carboxylic acids is 1. The zero-order valence-electron chi connectivity index (χ0n) is 19.3. The van der Waals surface area contributed by atoms with Gasteiger partial charge in [0.25, 0.3) is 0 Å². The second-order valence-electron chi connectivity index (χ2n) is 9.84. The van der Waals surface area contributed by atoms with Gasteiger partial charge in [-0.2, -0.15) is 5.26 Å². The number of aromatic nitrogens is 1. The summed E-state index contributed by atoms with van der Waals surface area (Å²) in [6.07, 6.45) is 4.48. The third kappa shape index (κ3) is 3.98. The topological polar surface area (TPSA) is 89.7 Å². The molecule has 2 saturated heterocycles. The predicted molar refractivity (Wildman–Crippen MR) is 124 cm³/mol. The molecule has 7 heteroatoms. The number of pyridine rings is 1. The Hall–Kier alpha value is -2.95. The van der Waals surface area contributed by atoms with Crippen LogP contribution in [0.3, 0.4) is 0 Å². The van der Waals surface area contributed by atoms with Crippen molar-refractivity contribution in [3.05, 3.63) is 57.8 Å². The number of benzene rings is 1. The van der Waals surface area contributed by atoms with Gasteiger partial charge in [-0.1, -0.05) is 6.07 Å². The van der Waals surface area contributed by atoms with Gasteiger partial charge in [0.05, 0.1) is 17.2 Å². The lowest BCUT2D eigenvalue weighted by atomic mass is 9.77. The SMILES string of the molecule is Cc1cc(N2CCC3(CCN(C[C@H](O)c4ccc5c(c4C)COC5=O)CC3)C2)ncc1C#N. The average Bonchev–Trinajstić information content (AvgIpc) is 3.40. The van der Waals surface area contributed by atoms with Crippen molar-refractivity contribution in [2.45, 2.75) is 45.8 Å². The van der Waals surface area contributed by atoms with Crippen molar-refractivity contribution in [3.8, 4) is 6.07 Å². The number of rotatable bonds is 4. The molecular weight excluding hydrogens is 416 g/mol. The van der Waals surface area contributed by atoms with Gasteiger partial charge in [0.15, 0.2) is 0 Å². The van der Waals surface area contributed by atoms with Gasteiger partial charge >= 0.3 is 5.97 Å². The first kappa shape index (κ1) is 21.9. The number of anilines is 1. The number of aliphatic hydroxyl groups is 1. The molecule has 1 aromatic carbocycles. The van der Waals surface area contributed by atoms with Crippen LogP contribution in [-0.2, 0) is 11.3 Å². The first-order chi connectivity index (χ1) is 15.9. The van der Waals surface area contributed by atoms with E-state index in [1.54, 1.807) is 12.3 Å². The summed E-state index contributed by atoms with van der Waals surface area (Å²) in [5.74, 6) is 0.697. The maximum absolute atomic E-state index is 11.8. The summed E-state index contributed by atoms with van der Waals surface area (Å²) in [6, 6.07) is 7.88. The largest absolute Gasteiger partial charge is 0.457 e. The van der Waals surface area contributed by atoms with Crippen molar-refractivity contribution in [1.82, 2.24) is 9.88 Å². The van der Waals surface area contributed by atoms with Gasteiger partial charge < -0.3 is 19.6 Å². The summed E-state index contributed by atoms with van der Waals surface area (Å²) in [4.78, 5) is 21.0. The number of fused-ring (bicyclic) bond motifs is 1. The van der Waals surface area contributed by atoms with Crippen LogP contribution in [0.2, 0.25) is 0 Å². The first-order valence-corrected chi connectivity index (χ1v) is 11.7. The van der Waals surface area contributed by atoms with E-state index in [9.17, 15) is 9.90 Å². The molecular formula is C26H30N4O3. The van der Waals surface area contributed by atoms with Gasteiger partial charge in [0.1, 0.15) is 18.5 Å². The predicted octanol–water partition coefficient (Wildman–Crippen LogP) is 3.27. The van der Waals surface area contributed by atoms with E-state index in [4.69, 9.17) is 10.00 Å². The van der Waals surface area contributed by atoms with Crippen LogP contribution < -0.4 is 4.90 Å². The molecule has 1 spiro atoms. The maximum Gasteiger partial charge on any atom is 0.338 e. The molecule has 0 aliphatic carbocycles. The minimum Gasteiger partial charge on any atom is -0.457 e. The van der Waals surface area contributed by atoms with Crippen molar-refractivity contribution in [3.63, 3.8) is 0 Å². The van der Waals surface area contributed by atoms with Crippen LogP contribution in [0, 0.1) is 30.6 Å². The number of β-amino-alcohol motifs (C(OH)–C–C–N with tert-alkyl or cyclic N) is 1. The Balaban J connectivity index is 1.19. The van der Waals surface area contributed by atoms with Crippen LogP contribution in [0.1, 0.15) is 63.5 Å². The standard InChI is InChI=1S/C26H30N4O3/c1-17-11-24(28-13-19(17)12-27)30-10-7-26(16-30)5-8-29(9-6-26)14-23(31)20-3-4-21-22(18(20)2)15-33-25(21)32/h3-4,11,13,23,31H,5-10,14-16H2,1-2H3/t23-/m0/s1. The normalized spacial score (nSPS) is 20.5. The highest BCUT2D eigenvalue weighted by atomic mass is 16.5. The van der Waals surface area contributed by atoms with Crippen LogP contribution in [0.15, 0.2) is 24.4 Å². The molecule has 0 radical (unpaired) electrons. The number of cyclic esters (lactones) is 1. The van der Waals surface area contributed by atoms with Gasteiger partial charge in [-0.25, -0.2) is 9.78 Å². The minimum absolute atomic E-state index is 0.271. The quantitative estimate of drug-likeness (QED) is 0.721. The number of piperidine rings is 1. The third-order valence-corrected chi connectivity index (χ3v) is 7.89. The van der Waals surface area contributed by atoms with Crippen LogP contribution in [-0.4, -0.2) is 53.7 Å². The van der Waals surface area contributed by atoms with Crippen molar-refractivity contribution in [1.29, 1.82) is 5.26 Å². The van der Waals surface area contributed by atoms with E-state index in [1.165, 1.54) is 0 Å². The fraction of sp³-hybridized carbons (Fsp3) is 0.500. The summed E-state index contributed by atoms with van der Waals surface area (Å²) in [5.41, 5.74) is 5.31. The Bertz CT molecular complexity index is 1130. The number of likely N-dealkylation sites (tertiary alicyclic amines) is 1. The molecule has 0 saturated carbocycles. The molecule has 3 aliphatic heterocycles. The number of hydrogen-bond acceptors (Lipinski definition) is 7. The summed E-state index contributed by atoms with van der Waals surface area (Å²) < 4.78 is 5.15. The van der Waals surface area contributed by atoms with Gasteiger partial charge in [0.2, 0.25) is 0 Å². The molecule has 3 aliphatic rings. The lowest BCUT2D eigenvalue weighted by Crippen LogP contribution is -2.43. The van der Waals surface area contributed by atoms with Crippen molar-refractivity contribution in [2.75, 3.05) is 37.6 Å². The Labute approximate surface area is 194 Å². The number of esters is 1. The fourth-order valence-electron chi connectivity index (χ4n) is 5.65.